The van der Waals surface area contributed by atoms with Crippen LogP contribution in [0.5, 0.6) is 0 Å². The van der Waals surface area contributed by atoms with Gasteiger partial charge >= 0.3 is 0 Å². The van der Waals surface area contributed by atoms with Crippen LogP contribution in [-0.2, 0) is 16.9 Å². The molecule has 2 saturated heterocycles. The molecule has 10 heteroatoms. The van der Waals surface area contributed by atoms with Crippen molar-refractivity contribution in [1.82, 2.24) is 20.4 Å². The van der Waals surface area contributed by atoms with E-state index in [1.54, 1.807) is 0 Å². The van der Waals surface area contributed by atoms with E-state index in [2.05, 4.69) is 25.6 Å². The summed E-state index contributed by atoms with van der Waals surface area (Å²) in [5, 5.41) is 11.1. The Bertz CT molecular complexity index is 736. The molecule has 2 fully saturated rings. The van der Waals surface area contributed by atoms with Crippen molar-refractivity contribution in [3.8, 4) is 0 Å². The molecule has 0 saturated carbocycles. The first-order chi connectivity index (χ1) is 12.4. The number of aryl methyl sites for hydroxylation is 1. The number of aliphatic imine (C=N–C) groups is 1. The fourth-order valence-corrected chi connectivity index (χ4v) is 5.50. The van der Waals surface area contributed by atoms with Gasteiger partial charge in [0.15, 0.2) is 15.8 Å². The molecule has 0 aromatic carbocycles. The van der Waals surface area contributed by atoms with Crippen LogP contribution in [0, 0.1) is 5.92 Å². The van der Waals surface area contributed by atoms with Crippen LogP contribution in [0.25, 0.3) is 0 Å². The monoisotopic (exact) mass is 510 g/mol. The second-order valence-electron chi connectivity index (χ2n) is 7.29. The lowest BCUT2D eigenvalue weighted by Crippen LogP contribution is -2.51. The standard InChI is InChI=1S/C17H30N6O2S.HI/c1-3-18-17(19-9-14-6-8-26(24,25)13-14)21-15-5-4-7-23(11-15)16-10-20-22(2)12-16;/h10,12,14-15H,3-9,11,13H2,1-2H3,(H2,18,19,21);1H. The van der Waals surface area contributed by atoms with E-state index in [0.29, 0.717) is 18.3 Å². The molecule has 0 amide bonds. The Labute approximate surface area is 179 Å². The molecule has 2 aliphatic rings. The molecule has 154 valence electrons. The van der Waals surface area contributed by atoms with Crippen LogP contribution in [0.2, 0.25) is 0 Å². The van der Waals surface area contributed by atoms with Crippen molar-refractivity contribution in [3.05, 3.63) is 12.4 Å². The number of hydrogen-bond donors (Lipinski definition) is 2. The Kier molecular flexibility index (Phi) is 8.20. The van der Waals surface area contributed by atoms with Crippen LogP contribution >= 0.6 is 24.0 Å². The summed E-state index contributed by atoms with van der Waals surface area (Å²) < 4.78 is 25.0. The number of halogens is 1. The molecule has 0 aliphatic carbocycles. The smallest absolute Gasteiger partial charge is 0.191 e. The molecule has 2 N–H and O–H groups in total. The fraction of sp³-hybridized carbons (Fsp3) is 0.765. The van der Waals surface area contributed by atoms with Gasteiger partial charge in [-0.25, -0.2) is 8.42 Å². The summed E-state index contributed by atoms with van der Waals surface area (Å²) in [6.45, 7) is 5.34. The minimum atomic E-state index is -2.84. The van der Waals surface area contributed by atoms with Crippen LogP contribution in [0.1, 0.15) is 26.2 Å². The van der Waals surface area contributed by atoms with Gasteiger partial charge in [0.25, 0.3) is 0 Å². The quantitative estimate of drug-likeness (QED) is 0.349. The highest BCUT2D eigenvalue weighted by Crippen LogP contribution is 2.20. The number of rotatable bonds is 5. The van der Waals surface area contributed by atoms with E-state index in [4.69, 9.17) is 0 Å². The van der Waals surface area contributed by atoms with Crippen molar-refractivity contribution in [2.75, 3.05) is 42.6 Å². The summed E-state index contributed by atoms with van der Waals surface area (Å²) in [6, 6.07) is 0.314. The van der Waals surface area contributed by atoms with E-state index in [0.717, 1.165) is 50.5 Å². The first kappa shape index (κ1) is 22.3. The Morgan fingerprint density at radius 1 is 1.41 bits per heavy atom. The van der Waals surface area contributed by atoms with Crippen molar-refractivity contribution >= 4 is 45.5 Å². The fourth-order valence-electron chi connectivity index (χ4n) is 3.65. The molecule has 3 rings (SSSR count). The van der Waals surface area contributed by atoms with Gasteiger partial charge in [0, 0.05) is 45.5 Å². The first-order valence-electron chi connectivity index (χ1n) is 9.44. The third kappa shape index (κ3) is 6.51. The predicted octanol–water partition coefficient (Wildman–Crippen LogP) is 0.997. The van der Waals surface area contributed by atoms with E-state index in [-0.39, 0.29) is 35.6 Å². The molecular formula is C17H31IN6O2S. The van der Waals surface area contributed by atoms with Crippen LogP contribution in [0.3, 0.4) is 0 Å². The number of nitrogens with zero attached hydrogens (tertiary/aromatic N) is 4. The molecule has 0 spiro atoms. The average Bonchev–Trinajstić information content (AvgIpc) is 3.18. The SMILES string of the molecule is CCNC(=NCC1CCS(=O)(=O)C1)NC1CCCN(c2cnn(C)c2)C1.I. The van der Waals surface area contributed by atoms with Gasteiger partial charge in [-0.3, -0.25) is 9.67 Å². The molecule has 2 unspecified atom stereocenters. The van der Waals surface area contributed by atoms with Crippen molar-refractivity contribution in [3.63, 3.8) is 0 Å². The highest BCUT2D eigenvalue weighted by Gasteiger charge is 2.28. The lowest BCUT2D eigenvalue weighted by Gasteiger charge is -2.34. The molecule has 0 bridgehead atoms. The minimum absolute atomic E-state index is 0. The maximum atomic E-state index is 11.6. The lowest BCUT2D eigenvalue weighted by atomic mass is 10.1. The number of anilines is 1. The number of hydrogen-bond acceptors (Lipinski definition) is 5. The van der Waals surface area contributed by atoms with Crippen molar-refractivity contribution in [2.24, 2.45) is 18.0 Å². The molecule has 0 radical (unpaired) electrons. The second-order valence-corrected chi connectivity index (χ2v) is 9.52. The zero-order chi connectivity index (χ0) is 18.6. The van der Waals surface area contributed by atoms with Gasteiger partial charge in [-0.2, -0.15) is 5.10 Å². The van der Waals surface area contributed by atoms with Gasteiger partial charge in [-0.15, -0.1) is 24.0 Å². The van der Waals surface area contributed by atoms with Gasteiger partial charge in [0.1, 0.15) is 0 Å². The first-order valence-corrected chi connectivity index (χ1v) is 11.3. The van der Waals surface area contributed by atoms with Crippen LogP contribution in [0.4, 0.5) is 5.69 Å². The van der Waals surface area contributed by atoms with Gasteiger partial charge < -0.3 is 15.5 Å². The third-order valence-electron chi connectivity index (χ3n) is 5.00. The highest BCUT2D eigenvalue weighted by molar-refractivity contribution is 14.0. The topological polar surface area (TPSA) is 91.6 Å². The number of guanidine groups is 1. The summed E-state index contributed by atoms with van der Waals surface area (Å²) >= 11 is 0. The molecule has 27 heavy (non-hydrogen) atoms. The zero-order valence-corrected chi connectivity index (χ0v) is 19.2. The van der Waals surface area contributed by atoms with E-state index in [1.807, 2.05) is 31.0 Å². The van der Waals surface area contributed by atoms with Crippen LogP contribution in [-0.4, -0.2) is 67.9 Å². The molecule has 1 aromatic heterocycles. The van der Waals surface area contributed by atoms with Crippen molar-refractivity contribution < 1.29 is 8.42 Å². The van der Waals surface area contributed by atoms with Crippen LogP contribution < -0.4 is 15.5 Å². The summed E-state index contributed by atoms with van der Waals surface area (Å²) in [6.07, 6.45) is 6.89. The molecule has 3 heterocycles. The number of piperidine rings is 1. The van der Waals surface area contributed by atoms with Crippen molar-refractivity contribution in [2.45, 2.75) is 32.2 Å². The van der Waals surface area contributed by atoms with Gasteiger partial charge in [0.05, 0.1) is 23.4 Å². The maximum Gasteiger partial charge on any atom is 0.191 e. The van der Waals surface area contributed by atoms with E-state index >= 15 is 0 Å². The van der Waals surface area contributed by atoms with Gasteiger partial charge in [-0.1, -0.05) is 0 Å². The zero-order valence-electron chi connectivity index (χ0n) is 16.1. The lowest BCUT2D eigenvalue weighted by molar-refractivity contribution is 0.467. The molecule has 2 aliphatic heterocycles. The second kappa shape index (κ2) is 9.94. The third-order valence-corrected chi connectivity index (χ3v) is 6.83. The maximum absolute atomic E-state index is 11.6. The highest BCUT2D eigenvalue weighted by atomic mass is 127. The minimum Gasteiger partial charge on any atom is -0.367 e. The molecule has 2 atom stereocenters. The van der Waals surface area contributed by atoms with Gasteiger partial charge in [-0.05, 0) is 32.1 Å². The van der Waals surface area contributed by atoms with Crippen molar-refractivity contribution in [1.29, 1.82) is 0 Å². The number of aromatic nitrogens is 2. The van der Waals surface area contributed by atoms with Crippen LogP contribution in [0.15, 0.2) is 17.4 Å². The Morgan fingerprint density at radius 3 is 2.85 bits per heavy atom. The summed E-state index contributed by atoms with van der Waals surface area (Å²) in [7, 11) is -0.911. The Balaban J connectivity index is 0.00000261. The summed E-state index contributed by atoms with van der Waals surface area (Å²) in [5.41, 5.74) is 1.15. The van der Waals surface area contributed by atoms with E-state index in [1.165, 1.54) is 0 Å². The largest absolute Gasteiger partial charge is 0.367 e. The molecule has 1 aromatic rings. The Hall–Kier alpha value is -1.04. The average molecular weight is 510 g/mol. The van der Waals surface area contributed by atoms with E-state index in [9.17, 15) is 8.42 Å². The predicted molar refractivity (Wildman–Crippen MR) is 120 cm³/mol. The summed E-state index contributed by atoms with van der Waals surface area (Å²) in [4.78, 5) is 7.00. The normalized spacial score (nSPS) is 25.1. The molecular weight excluding hydrogens is 479 g/mol. The Morgan fingerprint density at radius 2 is 2.22 bits per heavy atom. The number of sulfone groups is 1. The van der Waals surface area contributed by atoms with Gasteiger partial charge in [0.2, 0.25) is 0 Å². The molecule has 8 nitrogen and oxygen atoms in total. The van der Waals surface area contributed by atoms with E-state index < -0.39 is 9.84 Å². The number of nitrogens with one attached hydrogen (secondary N) is 2. The summed E-state index contributed by atoms with van der Waals surface area (Å²) in [5.74, 6) is 1.51.